The first kappa shape index (κ1) is 34.7. The molecule has 3 amide bonds. The monoisotopic (exact) mass is 713 g/mol. The molecule has 0 bridgehead atoms. The fourth-order valence-electron chi connectivity index (χ4n) is 4.28. The molecule has 1 unspecified atom stereocenters. The van der Waals surface area contributed by atoms with Gasteiger partial charge in [-0.1, -0.05) is 59.8 Å². The molecular formula is C29H22ClF6N7O4S. The van der Waals surface area contributed by atoms with Crippen LogP contribution in [0.2, 0.25) is 5.02 Å². The first-order valence-corrected chi connectivity index (χ1v) is 15.0. The predicted molar refractivity (Wildman–Crippen MR) is 163 cm³/mol. The number of carbonyl (C=O) groups excluding carboxylic acids is 2. The summed E-state index contributed by atoms with van der Waals surface area (Å²) in [6.45, 7) is 1.13. The van der Waals surface area contributed by atoms with Crippen molar-refractivity contribution in [2.75, 3.05) is 10.7 Å². The van der Waals surface area contributed by atoms with Crippen LogP contribution in [-0.2, 0) is 16.1 Å². The van der Waals surface area contributed by atoms with Crippen molar-refractivity contribution >= 4 is 46.2 Å². The fraction of sp³-hybridized carbons (Fsp3) is 0.207. The number of thioether (sulfide) groups is 1. The van der Waals surface area contributed by atoms with E-state index in [2.05, 4.69) is 35.4 Å². The highest BCUT2D eigenvalue weighted by atomic mass is 35.5. The Morgan fingerprint density at radius 3 is 2.42 bits per heavy atom. The SMILES string of the molecule is CC(NNC(=O)N=C1SCC(=O)N1c1cc(Cl)ccc1OC(F)(F)F)c1ccc(-c2ncn(-c3ccc(COC(F)(F)F)cc3)n2)cc1. The molecule has 5 rings (SSSR count). The summed E-state index contributed by atoms with van der Waals surface area (Å²) < 4.78 is 85.0. The highest BCUT2D eigenvalue weighted by Crippen LogP contribution is 2.38. The topological polar surface area (TPSA) is 123 Å². The van der Waals surface area contributed by atoms with Crippen molar-refractivity contribution in [3.63, 3.8) is 0 Å². The second kappa shape index (κ2) is 14.2. The Balaban J connectivity index is 1.20. The van der Waals surface area contributed by atoms with Crippen LogP contribution in [0.4, 0.5) is 36.8 Å². The lowest BCUT2D eigenvalue weighted by molar-refractivity contribution is -0.330. The zero-order valence-corrected chi connectivity index (χ0v) is 25.9. The summed E-state index contributed by atoms with van der Waals surface area (Å²) in [6.07, 6.45) is -8.31. The third kappa shape index (κ3) is 9.03. The summed E-state index contributed by atoms with van der Waals surface area (Å²) in [5.41, 5.74) is 7.15. The third-order valence-corrected chi connectivity index (χ3v) is 7.67. The molecular weight excluding hydrogens is 692 g/mol. The summed E-state index contributed by atoms with van der Waals surface area (Å²) in [6, 6.07) is 15.0. The van der Waals surface area contributed by atoms with Gasteiger partial charge in [0.05, 0.1) is 23.7 Å². The summed E-state index contributed by atoms with van der Waals surface area (Å²) in [5.74, 6) is -1.12. The largest absolute Gasteiger partial charge is 0.573 e. The molecule has 2 heterocycles. The number of hydrogen-bond acceptors (Lipinski definition) is 8. The first-order valence-electron chi connectivity index (χ1n) is 13.6. The van der Waals surface area contributed by atoms with Crippen molar-refractivity contribution < 1.29 is 45.4 Å². The number of anilines is 1. The zero-order valence-electron chi connectivity index (χ0n) is 24.3. The number of aromatic nitrogens is 3. The van der Waals surface area contributed by atoms with E-state index in [1.165, 1.54) is 23.1 Å². The molecule has 4 aromatic rings. The lowest BCUT2D eigenvalue weighted by Crippen LogP contribution is -2.39. The van der Waals surface area contributed by atoms with Gasteiger partial charge in [0.2, 0.25) is 5.91 Å². The van der Waals surface area contributed by atoms with E-state index in [4.69, 9.17) is 11.6 Å². The van der Waals surface area contributed by atoms with E-state index in [-0.39, 0.29) is 21.6 Å². The molecule has 1 aliphatic heterocycles. The summed E-state index contributed by atoms with van der Waals surface area (Å²) in [4.78, 5) is 34.2. The third-order valence-electron chi connectivity index (χ3n) is 6.51. The number of benzene rings is 3. The van der Waals surface area contributed by atoms with Gasteiger partial charge in [-0.3, -0.25) is 19.9 Å². The number of nitrogens with zero attached hydrogens (tertiary/aromatic N) is 5. The molecule has 19 heteroatoms. The minimum Gasteiger partial charge on any atom is -0.404 e. The standard InChI is InChI=1S/C29H22ClF6N7O4S/c1-16(39-40-26(45)38-27-43(24(44)14-48-27)22-12-20(30)8-11-23(22)47-29(34,35)36)18-4-6-19(7-5-18)25-37-15-42(41-25)21-9-2-17(3-10-21)13-46-28(31,32)33/h2-12,15-16,39H,13-14H2,1H3,(H,40,45). The maximum Gasteiger partial charge on any atom is 0.573 e. The molecule has 1 fully saturated rings. The van der Waals surface area contributed by atoms with Gasteiger partial charge in [0.25, 0.3) is 0 Å². The Bertz CT molecular complexity index is 1820. The number of nitrogens with one attached hydrogen (secondary N) is 2. The predicted octanol–water partition coefficient (Wildman–Crippen LogP) is 6.93. The van der Waals surface area contributed by atoms with Gasteiger partial charge in [-0.2, -0.15) is 4.99 Å². The number of amidine groups is 1. The quantitative estimate of drug-likeness (QED) is 0.141. The summed E-state index contributed by atoms with van der Waals surface area (Å²) >= 11 is 6.81. The molecule has 11 nitrogen and oxygen atoms in total. The lowest BCUT2D eigenvalue weighted by atomic mass is 10.1. The van der Waals surface area contributed by atoms with E-state index in [1.54, 1.807) is 43.3 Å². The second-order valence-corrected chi connectivity index (χ2v) is 11.3. The van der Waals surface area contributed by atoms with E-state index in [1.807, 2.05) is 0 Å². The molecule has 0 radical (unpaired) electrons. The molecule has 1 aromatic heterocycles. The van der Waals surface area contributed by atoms with Crippen LogP contribution in [0, 0.1) is 0 Å². The van der Waals surface area contributed by atoms with Gasteiger partial charge in [-0.25, -0.2) is 19.9 Å². The zero-order chi connectivity index (χ0) is 34.6. The summed E-state index contributed by atoms with van der Waals surface area (Å²) in [5, 5.41) is 4.27. The average molecular weight is 714 g/mol. The fourth-order valence-corrected chi connectivity index (χ4v) is 5.30. The van der Waals surface area contributed by atoms with Crippen molar-refractivity contribution in [3.05, 3.63) is 89.2 Å². The van der Waals surface area contributed by atoms with Gasteiger partial charge in [0.15, 0.2) is 16.7 Å². The smallest absolute Gasteiger partial charge is 0.404 e. The maximum absolute atomic E-state index is 13.0. The lowest BCUT2D eigenvalue weighted by Gasteiger charge is -2.21. The van der Waals surface area contributed by atoms with Gasteiger partial charge in [-0.15, -0.1) is 31.4 Å². The Labute approximate surface area is 276 Å². The molecule has 252 valence electrons. The number of amides is 3. The van der Waals surface area contributed by atoms with E-state index in [0.29, 0.717) is 22.6 Å². The van der Waals surface area contributed by atoms with Crippen molar-refractivity contribution in [2.45, 2.75) is 32.3 Å². The van der Waals surface area contributed by atoms with Gasteiger partial charge < -0.3 is 4.74 Å². The molecule has 1 saturated heterocycles. The number of hydrogen-bond donors (Lipinski definition) is 2. The van der Waals surface area contributed by atoms with Crippen molar-refractivity contribution in [1.82, 2.24) is 25.6 Å². The van der Waals surface area contributed by atoms with Crippen LogP contribution in [0.25, 0.3) is 17.1 Å². The van der Waals surface area contributed by atoms with Crippen molar-refractivity contribution in [2.24, 2.45) is 4.99 Å². The van der Waals surface area contributed by atoms with E-state index in [9.17, 15) is 35.9 Å². The molecule has 0 aliphatic carbocycles. The molecule has 3 aromatic carbocycles. The summed E-state index contributed by atoms with van der Waals surface area (Å²) in [7, 11) is 0. The first-order chi connectivity index (χ1) is 22.6. The van der Waals surface area contributed by atoms with Gasteiger partial charge in [0, 0.05) is 16.6 Å². The van der Waals surface area contributed by atoms with Crippen LogP contribution in [0.3, 0.4) is 0 Å². The van der Waals surface area contributed by atoms with Crippen LogP contribution in [0.5, 0.6) is 5.75 Å². The molecule has 48 heavy (non-hydrogen) atoms. The van der Waals surface area contributed by atoms with Gasteiger partial charge >= 0.3 is 18.8 Å². The number of urea groups is 1. The number of halogens is 7. The van der Waals surface area contributed by atoms with Crippen LogP contribution in [-0.4, -0.2) is 50.3 Å². The Morgan fingerprint density at radius 2 is 1.75 bits per heavy atom. The maximum atomic E-state index is 13.0. The Hall–Kier alpha value is -4.65. The number of ether oxygens (including phenoxy) is 2. The van der Waals surface area contributed by atoms with Crippen molar-refractivity contribution in [3.8, 4) is 22.8 Å². The number of rotatable bonds is 9. The number of aliphatic imine (C=N–C) groups is 1. The highest BCUT2D eigenvalue weighted by molar-refractivity contribution is 8.15. The highest BCUT2D eigenvalue weighted by Gasteiger charge is 2.37. The number of hydrazine groups is 1. The molecule has 1 aliphatic rings. The van der Waals surface area contributed by atoms with Gasteiger partial charge in [-0.05, 0) is 48.4 Å². The number of carbonyl (C=O) groups is 2. The van der Waals surface area contributed by atoms with Gasteiger partial charge in [0.1, 0.15) is 6.33 Å². The Kier molecular flexibility index (Phi) is 10.3. The second-order valence-electron chi connectivity index (χ2n) is 9.90. The van der Waals surface area contributed by atoms with Crippen LogP contribution in [0.15, 0.2) is 78.0 Å². The van der Waals surface area contributed by atoms with Crippen LogP contribution in [0.1, 0.15) is 24.1 Å². The van der Waals surface area contributed by atoms with Crippen LogP contribution < -0.4 is 20.5 Å². The molecule has 0 saturated carbocycles. The molecule has 2 N–H and O–H groups in total. The van der Waals surface area contributed by atoms with E-state index in [0.717, 1.165) is 40.4 Å². The minimum atomic E-state index is -5.04. The molecule has 1 atom stereocenters. The van der Waals surface area contributed by atoms with E-state index >= 15 is 0 Å². The normalized spacial score (nSPS) is 15.2. The molecule has 0 spiro atoms. The van der Waals surface area contributed by atoms with E-state index < -0.39 is 43.1 Å². The van der Waals surface area contributed by atoms with Crippen LogP contribution >= 0.6 is 23.4 Å². The Morgan fingerprint density at radius 1 is 1.04 bits per heavy atom. The number of alkyl halides is 6. The van der Waals surface area contributed by atoms with Crippen molar-refractivity contribution in [1.29, 1.82) is 0 Å². The average Bonchev–Trinajstić information content (AvgIpc) is 3.66. The minimum absolute atomic E-state index is 0.0326.